The van der Waals surface area contributed by atoms with E-state index in [4.69, 9.17) is 14.3 Å². The molecule has 1 aromatic heterocycles. The Morgan fingerprint density at radius 2 is 2.32 bits per heavy atom. The minimum atomic E-state index is -0.930. The second-order valence-corrected chi connectivity index (χ2v) is 5.19. The Bertz CT molecular complexity index is 486. The SMILES string of the molecule is COC1CC(CC(=O)O)N(C(=O)c2ccc(Br)o2)C1. The normalized spacial score (nSPS) is 22.7. The van der Waals surface area contributed by atoms with Gasteiger partial charge in [-0.2, -0.15) is 0 Å². The van der Waals surface area contributed by atoms with Crippen LogP contribution in [0.5, 0.6) is 0 Å². The number of rotatable bonds is 4. The zero-order valence-corrected chi connectivity index (χ0v) is 11.9. The molecule has 2 heterocycles. The van der Waals surface area contributed by atoms with Crippen LogP contribution in [0.15, 0.2) is 21.2 Å². The average molecular weight is 332 g/mol. The summed E-state index contributed by atoms with van der Waals surface area (Å²) in [6.07, 6.45) is 0.302. The molecule has 7 heteroatoms. The number of halogens is 1. The summed E-state index contributed by atoms with van der Waals surface area (Å²) in [6, 6.07) is 2.83. The molecule has 2 rings (SSSR count). The highest BCUT2D eigenvalue weighted by Crippen LogP contribution is 2.26. The standard InChI is InChI=1S/C12H14BrNO5/c1-18-8-4-7(5-11(15)16)14(6-8)12(17)9-2-3-10(13)19-9/h2-3,7-8H,4-6H2,1H3,(H,15,16). The van der Waals surface area contributed by atoms with Gasteiger partial charge in [-0.1, -0.05) is 0 Å². The molecule has 0 spiro atoms. The third kappa shape index (κ3) is 3.16. The summed E-state index contributed by atoms with van der Waals surface area (Å²) in [7, 11) is 1.56. The summed E-state index contributed by atoms with van der Waals surface area (Å²) in [5, 5.41) is 8.90. The van der Waals surface area contributed by atoms with Crippen molar-refractivity contribution in [3.8, 4) is 0 Å². The number of carbonyl (C=O) groups is 2. The smallest absolute Gasteiger partial charge is 0.305 e. The van der Waals surface area contributed by atoms with Gasteiger partial charge in [0.05, 0.1) is 12.5 Å². The lowest BCUT2D eigenvalue weighted by molar-refractivity contribution is -0.138. The van der Waals surface area contributed by atoms with Crippen molar-refractivity contribution >= 4 is 27.8 Å². The maximum absolute atomic E-state index is 12.3. The number of nitrogens with zero attached hydrogens (tertiary/aromatic N) is 1. The van der Waals surface area contributed by atoms with Crippen molar-refractivity contribution in [1.29, 1.82) is 0 Å². The van der Waals surface area contributed by atoms with E-state index in [1.165, 1.54) is 4.90 Å². The number of methoxy groups -OCH3 is 1. The van der Waals surface area contributed by atoms with E-state index in [-0.39, 0.29) is 30.2 Å². The fourth-order valence-corrected chi connectivity index (χ4v) is 2.57. The predicted molar refractivity (Wildman–Crippen MR) is 68.9 cm³/mol. The molecule has 0 aliphatic carbocycles. The molecular weight excluding hydrogens is 318 g/mol. The molecule has 0 saturated carbocycles. The molecule has 1 saturated heterocycles. The molecule has 1 N–H and O–H groups in total. The zero-order valence-electron chi connectivity index (χ0n) is 10.3. The minimum absolute atomic E-state index is 0.0898. The van der Waals surface area contributed by atoms with E-state index in [0.717, 1.165) is 0 Å². The van der Waals surface area contributed by atoms with Crippen molar-refractivity contribution in [2.45, 2.75) is 25.0 Å². The molecule has 0 radical (unpaired) electrons. The topological polar surface area (TPSA) is 80.0 Å². The van der Waals surface area contributed by atoms with Crippen LogP contribution in [-0.4, -0.2) is 47.7 Å². The largest absolute Gasteiger partial charge is 0.481 e. The van der Waals surface area contributed by atoms with E-state index >= 15 is 0 Å². The van der Waals surface area contributed by atoms with Crippen LogP contribution in [0.25, 0.3) is 0 Å². The fraction of sp³-hybridized carbons (Fsp3) is 0.500. The lowest BCUT2D eigenvalue weighted by atomic mass is 10.1. The lowest BCUT2D eigenvalue weighted by Gasteiger charge is -2.21. The number of carboxylic acid groups (broad SMARTS) is 1. The Hall–Kier alpha value is -1.34. The Morgan fingerprint density at radius 3 is 2.84 bits per heavy atom. The van der Waals surface area contributed by atoms with Crippen molar-refractivity contribution in [2.24, 2.45) is 0 Å². The van der Waals surface area contributed by atoms with Crippen molar-refractivity contribution in [3.63, 3.8) is 0 Å². The van der Waals surface area contributed by atoms with Gasteiger partial charge in [0.25, 0.3) is 5.91 Å². The molecule has 104 valence electrons. The highest BCUT2D eigenvalue weighted by molar-refractivity contribution is 9.10. The Morgan fingerprint density at radius 1 is 1.58 bits per heavy atom. The summed E-state index contributed by atoms with van der Waals surface area (Å²) in [5.41, 5.74) is 0. The highest BCUT2D eigenvalue weighted by atomic mass is 79.9. The van der Waals surface area contributed by atoms with Crippen molar-refractivity contribution in [2.75, 3.05) is 13.7 Å². The van der Waals surface area contributed by atoms with Gasteiger partial charge >= 0.3 is 5.97 Å². The number of carbonyl (C=O) groups excluding carboxylic acids is 1. The first-order valence-electron chi connectivity index (χ1n) is 5.82. The first-order valence-corrected chi connectivity index (χ1v) is 6.61. The second-order valence-electron chi connectivity index (χ2n) is 4.41. The molecule has 2 atom stereocenters. The summed E-state index contributed by atoms with van der Waals surface area (Å²) >= 11 is 3.13. The zero-order chi connectivity index (χ0) is 14.0. The van der Waals surface area contributed by atoms with Crippen LogP contribution < -0.4 is 0 Å². The number of likely N-dealkylation sites (tertiary alicyclic amines) is 1. The monoisotopic (exact) mass is 331 g/mol. The van der Waals surface area contributed by atoms with E-state index in [1.54, 1.807) is 19.2 Å². The van der Waals surface area contributed by atoms with Crippen LogP contribution >= 0.6 is 15.9 Å². The molecule has 0 bridgehead atoms. The molecule has 1 fully saturated rings. The molecule has 6 nitrogen and oxygen atoms in total. The van der Waals surface area contributed by atoms with Crippen LogP contribution in [0.3, 0.4) is 0 Å². The average Bonchev–Trinajstić information content (AvgIpc) is 2.94. The van der Waals surface area contributed by atoms with Crippen LogP contribution in [-0.2, 0) is 9.53 Å². The number of hydrogen-bond donors (Lipinski definition) is 1. The van der Waals surface area contributed by atoms with Gasteiger partial charge in [-0.05, 0) is 34.5 Å². The molecule has 1 aliphatic rings. The summed E-state index contributed by atoms with van der Waals surface area (Å²) in [4.78, 5) is 24.6. The maximum Gasteiger partial charge on any atom is 0.305 e. The first-order chi connectivity index (χ1) is 9.01. The van der Waals surface area contributed by atoms with Crippen molar-refractivity contribution in [1.82, 2.24) is 4.90 Å². The van der Waals surface area contributed by atoms with E-state index in [9.17, 15) is 9.59 Å². The minimum Gasteiger partial charge on any atom is -0.481 e. The molecule has 0 aromatic carbocycles. The summed E-state index contributed by atoms with van der Waals surface area (Å²) in [5.74, 6) is -1.05. The van der Waals surface area contributed by atoms with Crippen LogP contribution in [0.1, 0.15) is 23.4 Å². The third-order valence-corrected chi connectivity index (χ3v) is 3.59. The molecular formula is C12H14BrNO5. The Labute approximate surface area is 118 Å². The highest BCUT2D eigenvalue weighted by Gasteiger charge is 2.37. The van der Waals surface area contributed by atoms with Crippen molar-refractivity contribution in [3.05, 3.63) is 22.6 Å². The number of aliphatic carboxylic acids is 1. The molecule has 1 amide bonds. The number of ether oxygens (including phenoxy) is 1. The molecule has 19 heavy (non-hydrogen) atoms. The van der Waals surface area contributed by atoms with Gasteiger partial charge < -0.3 is 19.2 Å². The summed E-state index contributed by atoms with van der Waals surface area (Å²) < 4.78 is 10.9. The van der Waals surface area contributed by atoms with E-state index < -0.39 is 5.97 Å². The van der Waals surface area contributed by atoms with Crippen LogP contribution in [0.2, 0.25) is 0 Å². The van der Waals surface area contributed by atoms with E-state index in [1.807, 2.05) is 0 Å². The van der Waals surface area contributed by atoms with Gasteiger partial charge in [0.2, 0.25) is 0 Å². The van der Waals surface area contributed by atoms with E-state index in [2.05, 4.69) is 15.9 Å². The van der Waals surface area contributed by atoms with Gasteiger partial charge in [0, 0.05) is 19.7 Å². The number of hydrogen-bond acceptors (Lipinski definition) is 4. The van der Waals surface area contributed by atoms with Gasteiger partial charge in [-0.15, -0.1) is 0 Å². The van der Waals surface area contributed by atoms with Gasteiger partial charge in [0.15, 0.2) is 10.4 Å². The van der Waals surface area contributed by atoms with Gasteiger partial charge in [-0.3, -0.25) is 9.59 Å². The molecule has 1 aliphatic heterocycles. The predicted octanol–water partition coefficient (Wildman–Crippen LogP) is 1.75. The Kier molecular flexibility index (Phi) is 4.26. The lowest BCUT2D eigenvalue weighted by Crippen LogP contribution is -2.37. The second kappa shape index (κ2) is 5.75. The maximum atomic E-state index is 12.3. The van der Waals surface area contributed by atoms with Gasteiger partial charge in [-0.25, -0.2) is 0 Å². The number of furan rings is 1. The quantitative estimate of drug-likeness (QED) is 0.909. The van der Waals surface area contributed by atoms with Crippen LogP contribution in [0.4, 0.5) is 0 Å². The van der Waals surface area contributed by atoms with Gasteiger partial charge in [0.1, 0.15) is 0 Å². The van der Waals surface area contributed by atoms with E-state index in [0.29, 0.717) is 17.6 Å². The molecule has 1 aromatic rings. The number of amides is 1. The fourth-order valence-electron chi connectivity index (χ4n) is 2.26. The number of carboxylic acids is 1. The summed E-state index contributed by atoms with van der Waals surface area (Å²) in [6.45, 7) is 0.381. The Balaban J connectivity index is 2.15. The van der Waals surface area contributed by atoms with Crippen LogP contribution in [0, 0.1) is 0 Å². The molecule has 2 unspecified atom stereocenters. The first kappa shape index (κ1) is 14.1. The van der Waals surface area contributed by atoms with Crippen molar-refractivity contribution < 1.29 is 23.8 Å². The third-order valence-electron chi connectivity index (χ3n) is 3.16.